The molecule has 6 nitrogen and oxygen atoms in total. The highest BCUT2D eigenvalue weighted by Crippen LogP contribution is 2.14. The van der Waals surface area contributed by atoms with Gasteiger partial charge in [-0.1, -0.05) is 31.2 Å². The van der Waals surface area contributed by atoms with Crippen LogP contribution in [0.15, 0.2) is 36.0 Å². The van der Waals surface area contributed by atoms with Crippen LogP contribution in [0, 0.1) is 11.3 Å². The molecule has 0 heterocycles. The highest BCUT2D eigenvalue weighted by molar-refractivity contribution is 5.97. The number of nitrogens with one attached hydrogen (secondary N) is 2. The Morgan fingerprint density at radius 1 is 1.35 bits per heavy atom. The molecule has 0 saturated carbocycles. The van der Waals surface area contributed by atoms with Crippen molar-refractivity contribution >= 4 is 11.9 Å². The van der Waals surface area contributed by atoms with E-state index in [-0.39, 0.29) is 18.2 Å². The molecule has 1 aromatic carbocycles. The number of hydrogen-bond donors (Lipinski definition) is 2. The fraction of sp³-hybridized carbons (Fsp3) is 0.353. The third-order valence-electron chi connectivity index (χ3n) is 3.32. The standard InChI is InChI=1S/C17H21N3O3/c1-4-13-5-7-14(8-6-13)12(2)20-17(22)15(9-18)10-19-11-16(21)23-3/h5-8,10,12,19H,4,11H2,1-3H3,(H,20,22)/b15-10-. The Hall–Kier alpha value is -2.81. The number of aryl methyl sites for hydroxylation is 1. The Morgan fingerprint density at radius 2 is 2.00 bits per heavy atom. The summed E-state index contributed by atoms with van der Waals surface area (Å²) in [5.41, 5.74) is 2.07. The van der Waals surface area contributed by atoms with Gasteiger partial charge in [-0.2, -0.15) is 5.26 Å². The lowest BCUT2D eigenvalue weighted by atomic mass is 10.0. The number of amides is 1. The van der Waals surface area contributed by atoms with Crippen molar-refractivity contribution in [2.24, 2.45) is 0 Å². The van der Waals surface area contributed by atoms with E-state index in [1.807, 2.05) is 31.2 Å². The summed E-state index contributed by atoms with van der Waals surface area (Å²) in [5.74, 6) is -0.986. The van der Waals surface area contributed by atoms with Crippen molar-refractivity contribution in [1.29, 1.82) is 5.26 Å². The number of carbonyl (C=O) groups is 2. The second-order valence-corrected chi connectivity index (χ2v) is 4.92. The van der Waals surface area contributed by atoms with Gasteiger partial charge >= 0.3 is 5.97 Å². The largest absolute Gasteiger partial charge is 0.468 e. The predicted octanol–water partition coefficient (Wildman–Crippen LogP) is 1.60. The number of nitrogens with zero attached hydrogens (tertiary/aromatic N) is 1. The summed E-state index contributed by atoms with van der Waals surface area (Å²) in [5, 5.41) is 14.4. The van der Waals surface area contributed by atoms with Gasteiger partial charge in [-0.15, -0.1) is 0 Å². The van der Waals surface area contributed by atoms with E-state index in [9.17, 15) is 9.59 Å². The Labute approximate surface area is 136 Å². The predicted molar refractivity (Wildman–Crippen MR) is 86.1 cm³/mol. The van der Waals surface area contributed by atoms with Crippen LogP contribution in [0.5, 0.6) is 0 Å². The van der Waals surface area contributed by atoms with Gasteiger partial charge in [0.05, 0.1) is 13.2 Å². The minimum Gasteiger partial charge on any atom is -0.468 e. The Kier molecular flexibility index (Phi) is 7.34. The molecule has 0 aliphatic heterocycles. The normalized spacial score (nSPS) is 12.0. The molecule has 0 aromatic heterocycles. The fourth-order valence-corrected chi connectivity index (χ4v) is 1.86. The first-order valence-corrected chi connectivity index (χ1v) is 7.32. The molecule has 0 spiro atoms. The van der Waals surface area contributed by atoms with E-state index < -0.39 is 11.9 Å². The SMILES string of the molecule is CCc1ccc(C(C)NC(=O)/C(C#N)=C\NCC(=O)OC)cc1. The second-order valence-electron chi connectivity index (χ2n) is 4.92. The number of nitriles is 1. The Morgan fingerprint density at radius 3 is 2.52 bits per heavy atom. The van der Waals surface area contributed by atoms with E-state index in [0.29, 0.717) is 0 Å². The molecule has 0 saturated heterocycles. The van der Waals surface area contributed by atoms with Crippen LogP contribution in [-0.4, -0.2) is 25.5 Å². The van der Waals surface area contributed by atoms with Crippen molar-refractivity contribution in [2.45, 2.75) is 26.3 Å². The molecule has 0 radical (unpaired) electrons. The van der Waals surface area contributed by atoms with E-state index >= 15 is 0 Å². The van der Waals surface area contributed by atoms with Gasteiger partial charge < -0.3 is 15.4 Å². The van der Waals surface area contributed by atoms with Crippen molar-refractivity contribution < 1.29 is 14.3 Å². The highest BCUT2D eigenvalue weighted by Gasteiger charge is 2.13. The zero-order chi connectivity index (χ0) is 17.2. The number of hydrogen-bond acceptors (Lipinski definition) is 5. The zero-order valence-electron chi connectivity index (χ0n) is 13.6. The summed E-state index contributed by atoms with van der Waals surface area (Å²) in [6, 6.07) is 9.50. The number of ether oxygens (including phenoxy) is 1. The molecule has 1 unspecified atom stereocenters. The van der Waals surface area contributed by atoms with Crippen LogP contribution in [0.1, 0.15) is 31.0 Å². The molecule has 2 N–H and O–H groups in total. The smallest absolute Gasteiger partial charge is 0.325 e. The molecule has 23 heavy (non-hydrogen) atoms. The van der Waals surface area contributed by atoms with Gasteiger partial charge in [0.2, 0.25) is 0 Å². The van der Waals surface area contributed by atoms with Crippen molar-refractivity contribution in [3.8, 4) is 6.07 Å². The molecule has 0 aliphatic rings. The summed E-state index contributed by atoms with van der Waals surface area (Å²) >= 11 is 0. The number of rotatable bonds is 7. The first-order chi connectivity index (χ1) is 11.0. The monoisotopic (exact) mass is 315 g/mol. The first kappa shape index (κ1) is 18.2. The van der Waals surface area contributed by atoms with Crippen molar-refractivity contribution in [1.82, 2.24) is 10.6 Å². The van der Waals surface area contributed by atoms with E-state index in [2.05, 4.69) is 22.3 Å². The summed E-state index contributed by atoms with van der Waals surface area (Å²) in [6.45, 7) is 3.81. The van der Waals surface area contributed by atoms with Crippen LogP contribution in [-0.2, 0) is 20.7 Å². The molecule has 1 aromatic rings. The lowest BCUT2D eigenvalue weighted by Crippen LogP contribution is -2.29. The third kappa shape index (κ3) is 5.83. The minimum atomic E-state index is -0.503. The molecular formula is C17H21N3O3. The molecule has 1 atom stereocenters. The van der Waals surface area contributed by atoms with Crippen LogP contribution in [0.4, 0.5) is 0 Å². The van der Waals surface area contributed by atoms with E-state index in [0.717, 1.165) is 12.0 Å². The van der Waals surface area contributed by atoms with E-state index in [1.165, 1.54) is 18.9 Å². The molecule has 0 bridgehead atoms. The third-order valence-corrected chi connectivity index (χ3v) is 3.32. The average Bonchev–Trinajstić information content (AvgIpc) is 2.58. The van der Waals surface area contributed by atoms with Crippen LogP contribution in [0.3, 0.4) is 0 Å². The van der Waals surface area contributed by atoms with Gasteiger partial charge in [0.15, 0.2) is 0 Å². The first-order valence-electron chi connectivity index (χ1n) is 7.32. The number of esters is 1. The average molecular weight is 315 g/mol. The fourth-order valence-electron chi connectivity index (χ4n) is 1.86. The lowest BCUT2D eigenvalue weighted by molar-refractivity contribution is -0.139. The van der Waals surface area contributed by atoms with Gasteiger partial charge in [-0.3, -0.25) is 9.59 Å². The van der Waals surface area contributed by atoms with Crippen LogP contribution in [0.2, 0.25) is 0 Å². The Bertz CT molecular complexity index is 615. The van der Waals surface area contributed by atoms with Crippen LogP contribution in [0.25, 0.3) is 0 Å². The number of methoxy groups -OCH3 is 1. The number of benzene rings is 1. The topological polar surface area (TPSA) is 91.2 Å². The minimum absolute atomic E-state index is 0.106. The van der Waals surface area contributed by atoms with E-state index in [4.69, 9.17) is 5.26 Å². The summed E-state index contributed by atoms with van der Waals surface area (Å²) in [7, 11) is 1.26. The molecule has 6 heteroatoms. The summed E-state index contributed by atoms with van der Waals surface area (Å²) < 4.78 is 4.45. The van der Waals surface area contributed by atoms with Crippen molar-refractivity contribution in [3.05, 3.63) is 47.2 Å². The molecular weight excluding hydrogens is 294 g/mol. The lowest BCUT2D eigenvalue weighted by Gasteiger charge is -2.14. The number of carbonyl (C=O) groups excluding carboxylic acids is 2. The second kappa shape index (κ2) is 9.26. The van der Waals surface area contributed by atoms with E-state index in [1.54, 1.807) is 6.07 Å². The summed E-state index contributed by atoms with van der Waals surface area (Å²) in [4.78, 5) is 23.0. The van der Waals surface area contributed by atoms with Crippen LogP contribution >= 0.6 is 0 Å². The Balaban J connectivity index is 2.65. The maximum atomic E-state index is 12.1. The van der Waals surface area contributed by atoms with Gasteiger partial charge in [0.1, 0.15) is 18.2 Å². The van der Waals surface area contributed by atoms with Crippen molar-refractivity contribution in [3.63, 3.8) is 0 Å². The molecule has 1 amide bonds. The molecule has 0 aliphatic carbocycles. The maximum Gasteiger partial charge on any atom is 0.325 e. The molecule has 1 rings (SSSR count). The zero-order valence-corrected chi connectivity index (χ0v) is 13.6. The van der Waals surface area contributed by atoms with Gasteiger partial charge in [0, 0.05) is 6.20 Å². The molecule has 122 valence electrons. The van der Waals surface area contributed by atoms with Crippen molar-refractivity contribution in [2.75, 3.05) is 13.7 Å². The molecule has 0 fully saturated rings. The van der Waals surface area contributed by atoms with Gasteiger partial charge in [0.25, 0.3) is 5.91 Å². The maximum absolute atomic E-state index is 12.1. The quantitative estimate of drug-likeness (QED) is 0.453. The summed E-state index contributed by atoms with van der Waals surface area (Å²) in [6.07, 6.45) is 2.16. The van der Waals surface area contributed by atoms with Gasteiger partial charge in [-0.25, -0.2) is 0 Å². The van der Waals surface area contributed by atoms with Crippen LogP contribution < -0.4 is 10.6 Å². The highest BCUT2D eigenvalue weighted by atomic mass is 16.5. The van der Waals surface area contributed by atoms with Gasteiger partial charge in [-0.05, 0) is 24.5 Å².